The van der Waals surface area contributed by atoms with Crippen LogP contribution in [0.4, 0.5) is 17.2 Å². The minimum absolute atomic E-state index is 0.180. The SMILES string of the molecule is CCCc1cc(Nc2cccc(C(=O)Nc3ccccc3)c2)n2nc(-c3cccnc3)nc2n1. The van der Waals surface area contributed by atoms with Crippen molar-refractivity contribution in [2.24, 2.45) is 0 Å². The van der Waals surface area contributed by atoms with Gasteiger partial charge in [0.25, 0.3) is 11.7 Å². The molecule has 5 rings (SSSR count). The number of pyridine rings is 1. The molecule has 0 aliphatic heterocycles. The van der Waals surface area contributed by atoms with Crippen molar-refractivity contribution in [1.29, 1.82) is 0 Å². The highest BCUT2D eigenvalue weighted by atomic mass is 16.1. The molecule has 2 N–H and O–H groups in total. The maximum atomic E-state index is 12.7. The van der Waals surface area contributed by atoms with E-state index in [4.69, 9.17) is 0 Å². The number of amides is 1. The number of nitrogens with zero attached hydrogens (tertiary/aromatic N) is 5. The largest absolute Gasteiger partial charge is 0.340 e. The van der Waals surface area contributed by atoms with Crippen molar-refractivity contribution in [2.75, 3.05) is 10.6 Å². The Balaban J connectivity index is 1.47. The van der Waals surface area contributed by atoms with Crippen LogP contribution in [0.1, 0.15) is 29.4 Å². The van der Waals surface area contributed by atoms with Crippen LogP contribution < -0.4 is 10.6 Å². The molecule has 3 aromatic heterocycles. The van der Waals surface area contributed by atoms with E-state index in [1.807, 2.05) is 66.7 Å². The highest BCUT2D eigenvalue weighted by Crippen LogP contribution is 2.23. The summed E-state index contributed by atoms with van der Waals surface area (Å²) in [5.41, 5.74) is 3.78. The van der Waals surface area contributed by atoms with Crippen LogP contribution in [-0.4, -0.2) is 30.5 Å². The van der Waals surface area contributed by atoms with E-state index in [0.29, 0.717) is 17.2 Å². The number of para-hydroxylation sites is 1. The lowest BCUT2D eigenvalue weighted by atomic mass is 10.1. The number of rotatable bonds is 7. The molecule has 1 amide bonds. The first-order valence-corrected chi connectivity index (χ1v) is 11.1. The number of carbonyl (C=O) groups excluding carboxylic acids is 1. The first-order chi connectivity index (χ1) is 16.7. The second kappa shape index (κ2) is 9.50. The van der Waals surface area contributed by atoms with Gasteiger partial charge >= 0.3 is 0 Å². The first-order valence-electron chi connectivity index (χ1n) is 11.1. The fourth-order valence-corrected chi connectivity index (χ4v) is 3.62. The second-order valence-corrected chi connectivity index (χ2v) is 7.80. The fraction of sp³-hybridized carbons (Fsp3) is 0.115. The van der Waals surface area contributed by atoms with Crippen molar-refractivity contribution >= 4 is 28.9 Å². The van der Waals surface area contributed by atoms with Crippen LogP contribution in [0.2, 0.25) is 0 Å². The highest BCUT2D eigenvalue weighted by Gasteiger charge is 2.14. The number of nitrogens with one attached hydrogen (secondary N) is 2. The summed E-state index contributed by atoms with van der Waals surface area (Å²) in [5, 5.41) is 11.0. The number of carbonyl (C=O) groups is 1. The van der Waals surface area contributed by atoms with E-state index >= 15 is 0 Å². The van der Waals surface area contributed by atoms with E-state index in [2.05, 4.69) is 37.6 Å². The van der Waals surface area contributed by atoms with Crippen molar-refractivity contribution in [1.82, 2.24) is 24.6 Å². The summed E-state index contributed by atoms with van der Waals surface area (Å²) in [5.74, 6) is 1.59. The van der Waals surface area contributed by atoms with E-state index < -0.39 is 0 Å². The zero-order chi connectivity index (χ0) is 23.3. The number of hydrogen-bond donors (Lipinski definition) is 2. The van der Waals surface area contributed by atoms with Crippen LogP contribution in [0.5, 0.6) is 0 Å². The zero-order valence-corrected chi connectivity index (χ0v) is 18.6. The molecule has 0 spiro atoms. The molecule has 3 heterocycles. The summed E-state index contributed by atoms with van der Waals surface area (Å²) >= 11 is 0. The van der Waals surface area contributed by atoms with Gasteiger partial charge in [0.05, 0.1) is 0 Å². The molecule has 168 valence electrons. The number of aromatic nitrogens is 5. The molecule has 2 aromatic carbocycles. The molecule has 5 aromatic rings. The summed E-state index contributed by atoms with van der Waals surface area (Å²) in [4.78, 5) is 26.2. The Bertz CT molecular complexity index is 1430. The van der Waals surface area contributed by atoms with Gasteiger partial charge in [-0.25, -0.2) is 4.98 Å². The van der Waals surface area contributed by atoms with E-state index in [1.54, 1.807) is 23.0 Å². The normalized spacial score (nSPS) is 10.9. The Morgan fingerprint density at radius 3 is 2.59 bits per heavy atom. The third kappa shape index (κ3) is 4.61. The molecule has 0 atom stereocenters. The van der Waals surface area contributed by atoms with Gasteiger partial charge in [-0.05, 0) is 48.9 Å². The Kier molecular flexibility index (Phi) is 5.94. The predicted molar refractivity (Wildman–Crippen MR) is 132 cm³/mol. The molecule has 34 heavy (non-hydrogen) atoms. The van der Waals surface area contributed by atoms with Crippen LogP contribution in [-0.2, 0) is 6.42 Å². The molecule has 0 aliphatic rings. The Morgan fingerprint density at radius 2 is 1.79 bits per heavy atom. The first kappa shape index (κ1) is 21.3. The lowest BCUT2D eigenvalue weighted by molar-refractivity contribution is 0.102. The van der Waals surface area contributed by atoms with Gasteiger partial charge in [-0.15, -0.1) is 5.10 Å². The van der Waals surface area contributed by atoms with Gasteiger partial charge in [0.1, 0.15) is 5.82 Å². The Morgan fingerprint density at radius 1 is 0.941 bits per heavy atom. The monoisotopic (exact) mass is 449 g/mol. The number of anilines is 3. The summed E-state index contributed by atoms with van der Waals surface area (Å²) in [7, 11) is 0. The lowest BCUT2D eigenvalue weighted by Gasteiger charge is -2.11. The van der Waals surface area contributed by atoms with Crippen molar-refractivity contribution in [2.45, 2.75) is 19.8 Å². The molecule has 0 bridgehead atoms. The van der Waals surface area contributed by atoms with E-state index in [1.165, 1.54) is 0 Å². The van der Waals surface area contributed by atoms with Crippen molar-refractivity contribution in [3.05, 3.63) is 96.4 Å². The topological polar surface area (TPSA) is 97.1 Å². The number of hydrogen-bond acceptors (Lipinski definition) is 6. The number of benzene rings is 2. The van der Waals surface area contributed by atoms with Crippen LogP contribution in [0, 0.1) is 0 Å². The molecular weight excluding hydrogens is 426 g/mol. The zero-order valence-electron chi connectivity index (χ0n) is 18.6. The fourth-order valence-electron chi connectivity index (χ4n) is 3.62. The molecule has 0 fully saturated rings. The third-order valence-electron chi connectivity index (χ3n) is 5.22. The standard InChI is InChI=1S/C26H23N7O/c1-2-8-21-16-23(33-26(30-21)31-24(32-33)19-10-7-14-27-17-19)28-22-13-6-9-18(15-22)25(34)29-20-11-4-3-5-12-20/h3-7,9-17,28H,2,8H2,1H3,(H,29,34). The smallest absolute Gasteiger partial charge is 0.255 e. The minimum atomic E-state index is -0.180. The van der Waals surface area contributed by atoms with Gasteiger partial charge < -0.3 is 10.6 Å². The average Bonchev–Trinajstić information content (AvgIpc) is 3.30. The van der Waals surface area contributed by atoms with Crippen molar-refractivity contribution in [3.63, 3.8) is 0 Å². The van der Waals surface area contributed by atoms with Gasteiger partial charge in [0.2, 0.25) is 0 Å². The maximum absolute atomic E-state index is 12.7. The van der Waals surface area contributed by atoms with Crippen LogP contribution >= 0.6 is 0 Å². The molecule has 0 unspecified atom stereocenters. The van der Waals surface area contributed by atoms with Crippen molar-refractivity contribution in [3.8, 4) is 11.4 Å². The van der Waals surface area contributed by atoms with Gasteiger partial charge in [0.15, 0.2) is 5.82 Å². The summed E-state index contributed by atoms with van der Waals surface area (Å²) in [6.45, 7) is 2.11. The third-order valence-corrected chi connectivity index (χ3v) is 5.22. The Labute approximate surface area is 196 Å². The molecule has 0 saturated carbocycles. The minimum Gasteiger partial charge on any atom is -0.340 e. The Hall–Kier alpha value is -4.59. The molecule has 8 heteroatoms. The molecule has 0 saturated heterocycles. The van der Waals surface area contributed by atoms with E-state index in [-0.39, 0.29) is 5.91 Å². The molecule has 8 nitrogen and oxygen atoms in total. The van der Waals surface area contributed by atoms with Gasteiger partial charge in [0, 0.05) is 46.7 Å². The number of aryl methyl sites for hydroxylation is 1. The second-order valence-electron chi connectivity index (χ2n) is 7.80. The van der Waals surface area contributed by atoms with Gasteiger partial charge in [-0.3, -0.25) is 9.78 Å². The molecule has 0 aliphatic carbocycles. The average molecular weight is 450 g/mol. The summed E-state index contributed by atoms with van der Waals surface area (Å²) < 4.78 is 1.68. The van der Waals surface area contributed by atoms with E-state index in [0.717, 1.165) is 41.3 Å². The highest BCUT2D eigenvalue weighted by molar-refractivity contribution is 6.04. The van der Waals surface area contributed by atoms with Gasteiger partial charge in [-0.2, -0.15) is 9.50 Å². The van der Waals surface area contributed by atoms with Crippen LogP contribution in [0.25, 0.3) is 17.2 Å². The van der Waals surface area contributed by atoms with Crippen LogP contribution in [0.15, 0.2) is 85.2 Å². The van der Waals surface area contributed by atoms with Crippen LogP contribution in [0.3, 0.4) is 0 Å². The van der Waals surface area contributed by atoms with Crippen molar-refractivity contribution < 1.29 is 4.79 Å². The summed E-state index contributed by atoms with van der Waals surface area (Å²) in [6.07, 6.45) is 5.22. The van der Waals surface area contributed by atoms with E-state index in [9.17, 15) is 4.79 Å². The quantitative estimate of drug-likeness (QED) is 0.357. The maximum Gasteiger partial charge on any atom is 0.255 e. The summed E-state index contributed by atoms with van der Waals surface area (Å²) in [6, 6.07) is 22.5. The molecule has 0 radical (unpaired) electrons. The number of fused-ring (bicyclic) bond motifs is 1. The lowest BCUT2D eigenvalue weighted by Crippen LogP contribution is -2.12. The van der Waals surface area contributed by atoms with Gasteiger partial charge in [-0.1, -0.05) is 37.6 Å². The molecular formula is C26H23N7O. The predicted octanol–water partition coefficient (Wildman–Crippen LogP) is 5.13.